The fourth-order valence-corrected chi connectivity index (χ4v) is 1.52. The van der Waals surface area contributed by atoms with Gasteiger partial charge in [-0.1, -0.05) is 17.7 Å². The molecule has 0 unspecified atom stereocenters. The molecule has 1 aromatic heterocycles. The summed E-state index contributed by atoms with van der Waals surface area (Å²) in [4.78, 5) is 0. The predicted molar refractivity (Wildman–Crippen MR) is 46.1 cm³/mol. The Morgan fingerprint density at radius 1 is 1.29 bits per heavy atom. The molecule has 0 atom stereocenters. The van der Waals surface area contributed by atoms with Gasteiger partial charge in [0.25, 0.3) is 0 Å². The van der Waals surface area contributed by atoms with Crippen LogP contribution >= 0.6 is 11.6 Å². The normalized spacial score (nSPS) is 12.3. The van der Waals surface area contributed by atoms with E-state index in [4.69, 9.17) is 11.6 Å². The van der Waals surface area contributed by atoms with Crippen molar-refractivity contribution in [3.63, 3.8) is 0 Å². The largest absolute Gasteiger partial charge is 0.417 e. The lowest BCUT2D eigenvalue weighted by Crippen LogP contribution is -2.05. The van der Waals surface area contributed by atoms with Crippen molar-refractivity contribution < 1.29 is 13.2 Å². The van der Waals surface area contributed by atoms with E-state index in [-0.39, 0.29) is 16.1 Å². The summed E-state index contributed by atoms with van der Waals surface area (Å²) >= 11 is 5.54. The van der Waals surface area contributed by atoms with E-state index >= 15 is 0 Å². The molecule has 0 aliphatic heterocycles. The van der Waals surface area contributed by atoms with Crippen molar-refractivity contribution in [3.05, 3.63) is 28.9 Å². The standard InChI is InChI=1S/C8H4ClF3N2/c9-7-6-4(8(10,11)12)2-1-3-5(6)13-14-7/h1-3H,(H,13,14). The molecule has 0 spiro atoms. The maximum atomic E-state index is 12.5. The van der Waals surface area contributed by atoms with Crippen LogP contribution in [-0.4, -0.2) is 10.2 Å². The number of nitrogens with one attached hydrogen (secondary N) is 1. The molecule has 0 aliphatic rings. The third kappa shape index (κ3) is 1.33. The molecule has 0 radical (unpaired) electrons. The van der Waals surface area contributed by atoms with Crippen molar-refractivity contribution in [2.45, 2.75) is 6.18 Å². The van der Waals surface area contributed by atoms with Crippen LogP contribution < -0.4 is 0 Å². The van der Waals surface area contributed by atoms with Crippen molar-refractivity contribution >= 4 is 22.5 Å². The summed E-state index contributed by atoms with van der Waals surface area (Å²) in [7, 11) is 0. The van der Waals surface area contributed by atoms with E-state index in [1.807, 2.05) is 0 Å². The first kappa shape index (κ1) is 9.33. The lowest BCUT2D eigenvalue weighted by atomic mass is 10.1. The molecule has 6 heteroatoms. The summed E-state index contributed by atoms with van der Waals surface area (Å²) in [5.74, 6) is 0. The highest BCUT2D eigenvalue weighted by Gasteiger charge is 2.33. The number of aromatic amines is 1. The van der Waals surface area contributed by atoms with Crippen molar-refractivity contribution in [1.82, 2.24) is 10.2 Å². The molecule has 0 amide bonds. The second kappa shape index (κ2) is 2.88. The number of benzene rings is 1. The topological polar surface area (TPSA) is 28.7 Å². The number of nitrogens with zero attached hydrogens (tertiary/aromatic N) is 1. The SMILES string of the molecule is FC(F)(F)c1cccc2[nH]nc(Cl)c12. The third-order valence-corrected chi connectivity index (χ3v) is 2.12. The molecule has 0 fully saturated rings. The molecule has 0 saturated heterocycles. The van der Waals surface area contributed by atoms with Crippen molar-refractivity contribution in [3.8, 4) is 0 Å². The number of fused-ring (bicyclic) bond motifs is 1. The number of hydrogen-bond acceptors (Lipinski definition) is 1. The van der Waals surface area contributed by atoms with Crippen LogP contribution in [0.4, 0.5) is 13.2 Å². The molecule has 1 aromatic carbocycles. The summed E-state index contributed by atoms with van der Waals surface area (Å²) in [6, 6.07) is 3.77. The van der Waals surface area contributed by atoms with Crippen molar-refractivity contribution in [2.75, 3.05) is 0 Å². The van der Waals surface area contributed by atoms with Crippen LogP contribution in [0.3, 0.4) is 0 Å². The zero-order valence-electron chi connectivity index (χ0n) is 6.69. The minimum absolute atomic E-state index is 0.0818. The highest BCUT2D eigenvalue weighted by molar-refractivity contribution is 6.34. The second-order valence-corrected chi connectivity index (χ2v) is 3.10. The summed E-state index contributed by atoms with van der Waals surface area (Å²) in [6.45, 7) is 0. The second-order valence-electron chi connectivity index (χ2n) is 2.74. The molecule has 0 aliphatic carbocycles. The first-order chi connectivity index (χ1) is 6.50. The molecule has 2 rings (SSSR count). The summed E-state index contributed by atoms with van der Waals surface area (Å²) in [5, 5.41) is 5.69. The molecule has 1 N–H and O–H groups in total. The molecular weight excluding hydrogens is 217 g/mol. The first-order valence-electron chi connectivity index (χ1n) is 3.70. The van der Waals surface area contributed by atoms with Gasteiger partial charge in [-0.15, -0.1) is 0 Å². The number of alkyl halides is 3. The fraction of sp³-hybridized carbons (Fsp3) is 0.125. The van der Waals surface area contributed by atoms with Crippen LogP contribution in [0.15, 0.2) is 18.2 Å². The lowest BCUT2D eigenvalue weighted by Gasteiger charge is -2.06. The number of aromatic nitrogens is 2. The number of rotatable bonds is 0. The summed E-state index contributed by atoms with van der Waals surface area (Å²) in [6.07, 6.45) is -4.41. The zero-order valence-corrected chi connectivity index (χ0v) is 7.45. The van der Waals surface area contributed by atoms with Gasteiger partial charge < -0.3 is 0 Å². The lowest BCUT2D eigenvalue weighted by molar-refractivity contribution is -0.136. The van der Waals surface area contributed by atoms with Gasteiger partial charge in [0.2, 0.25) is 0 Å². The molecule has 14 heavy (non-hydrogen) atoms. The van der Waals surface area contributed by atoms with E-state index in [2.05, 4.69) is 10.2 Å². The molecule has 0 bridgehead atoms. The minimum Gasteiger partial charge on any atom is -0.276 e. The van der Waals surface area contributed by atoms with Crippen LogP contribution in [0.25, 0.3) is 10.9 Å². The van der Waals surface area contributed by atoms with Crippen LogP contribution in [0.2, 0.25) is 5.15 Å². The quantitative estimate of drug-likeness (QED) is 0.726. The Balaban J connectivity index is 2.82. The minimum atomic E-state index is -4.41. The molecule has 2 nitrogen and oxygen atoms in total. The monoisotopic (exact) mass is 220 g/mol. The van der Waals surface area contributed by atoms with Gasteiger partial charge in [0.05, 0.1) is 16.5 Å². The Bertz CT molecular complexity index is 475. The molecule has 0 saturated carbocycles. The van der Waals surface area contributed by atoms with Gasteiger partial charge in [0.15, 0.2) is 5.15 Å². The van der Waals surface area contributed by atoms with Crippen LogP contribution in [0.1, 0.15) is 5.56 Å². The van der Waals surface area contributed by atoms with E-state index in [0.29, 0.717) is 0 Å². The zero-order chi connectivity index (χ0) is 10.3. The van der Waals surface area contributed by atoms with Gasteiger partial charge in [-0.25, -0.2) is 0 Å². The van der Waals surface area contributed by atoms with Crippen LogP contribution in [0.5, 0.6) is 0 Å². The van der Waals surface area contributed by atoms with E-state index < -0.39 is 11.7 Å². The van der Waals surface area contributed by atoms with E-state index in [1.54, 1.807) is 0 Å². The summed E-state index contributed by atoms with van der Waals surface area (Å²) in [5.41, 5.74) is -0.487. The van der Waals surface area contributed by atoms with E-state index in [9.17, 15) is 13.2 Å². The van der Waals surface area contributed by atoms with Gasteiger partial charge in [0, 0.05) is 0 Å². The molecule has 1 heterocycles. The molecular formula is C8H4ClF3N2. The number of hydrogen-bond donors (Lipinski definition) is 1. The maximum absolute atomic E-state index is 12.5. The van der Waals surface area contributed by atoms with Gasteiger partial charge in [-0.3, -0.25) is 5.10 Å². The highest BCUT2D eigenvalue weighted by Crippen LogP contribution is 2.36. The van der Waals surface area contributed by atoms with Gasteiger partial charge in [0.1, 0.15) is 0 Å². The van der Waals surface area contributed by atoms with Crippen LogP contribution in [-0.2, 0) is 6.18 Å². The maximum Gasteiger partial charge on any atom is 0.417 e. The number of halogens is 4. The van der Waals surface area contributed by atoms with Gasteiger partial charge in [-0.05, 0) is 12.1 Å². The Hall–Kier alpha value is -1.23. The number of H-pyrrole nitrogens is 1. The van der Waals surface area contributed by atoms with Crippen molar-refractivity contribution in [1.29, 1.82) is 0 Å². The molecule has 2 aromatic rings. The van der Waals surface area contributed by atoms with Gasteiger partial charge >= 0.3 is 6.18 Å². The van der Waals surface area contributed by atoms with E-state index in [1.165, 1.54) is 12.1 Å². The Kier molecular flexibility index (Phi) is 1.92. The fourth-order valence-electron chi connectivity index (χ4n) is 1.27. The third-order valence-electron chi connectivity index (χ3n) is 1.85. The van der Waals surface area contributed by atoms with Crippen LogP contribution in [0, 0.1) is 0 Å². The Morgan fingerprint density at radius 2 is 2.00 bits per heavy atom. The Labute approximate surface area is 81.7 Å². The van der Waals surface area contributed by atoms with Gasteiger partial charge in [-0.2, -0.15) is 18.3 Å². The van der Waals surface area contributed by atoms with Crippen molar-refractivity contribution in [2.24, 2.45) is 0 Å². The average molecular weight is 221 g/mol. The highest BCUT2D eigenvalue weighted by atomic mass is 35.5. The first-order valence-corrected chi connectivity index (χ1v) is 4.08. The molecule has 74 valence electrons. The Morgan fingerprint density at radius 3 is 2.64 bits per heavy atom. The smallest absolute Gasteiger partial charge is 0.276 e. The summed E-state index contributed by atoms with van der Waals surface area (Å²) < 4.78 is 37.4. The average Bonchev–Trinajstić information content (AvgIpc) is 2.46. The predicted octanol–water partition coefficient (Wildman–Crippen LogP) is 3.24. The van der Waals surface area contributed by atoms with E-state index in [0.717, 1.165) is 6.07 Å².